The molecule has 1 aliphatic rings. The monoisotopic (exact) mass is 268 g/mol. The number of halogens is 3. The van der Waals surface area contributed by atoms with E-state index in [2.05, 4.69) is 12.6 Å². The molecule has 6 heteroatoms. The van der Waals surface area contributed by atoms with Gasteiger partial charge in [-0.25, -0.2) is 0 Å². The molecule has 2 nitrogen and oxygen atoms in total. The second-order valence-electron chi connectivity index (χ2n) is 4.44. The van der Waals surface area contributed by atoms with E-state index in [-0.39, 0.29) is 5.92 Å². The van der Waals surface area contributed by atoms with E-state index in [0.29, 0.717) is 12.8 Å². The van der Waals surface area contributed by atoms with Gasteiger partial charge in [0.05, 0.1) is 0 Å². The SMILES string of the molecule is O=C(CC(C(=O)S)C(F)(F)F)C1CCCCC1. The highest BCUT2D eigenvalue weighted by Crippen LogP contribution is 2.33. The Balaban J connectivity index is 2.60. The van der Waals surface area contributed by atoms with Crippen LogP contribution in [0.4, 0.5) is 13.2 Å². The Kier molecular flexibility index (Phi) is 5.04. The minimum absolute atomic E-state index is 0.304. The molecule has 0 bridgehead atoms. The number of hydrogen-bond acceptors (Lipinski definition) is 2. The number of ketones is 1. The predicted molar refractivity (Wildman–Crippen MR) is 59.7 cm³/mol. The van der Waals surface area contributed by atoms with Gasteiger partial charge in [-0.05, 0) is 12.8 Å². The molecule has 0 heterocycles. The van der Waals surface area contributed by atoms with Crippen molar-refractivity contribution in [3.8, 4) is 0 Å². The van der Waals surface area contributed by atoms with Gasteiger partial charge in [-0.3, -0.25) is 9.59 Å². The first-order valence-electron chi connectivity index (χ1n) is 5.64. The van der Waals surface area contributed by atoms with Gasteiger partial charge in [0.2, 0.25) is 0 Å². The quantitative estimate of drug-likeness (QED) is 0.795. The summed E-state index contributed by atoms with van der Waals surface area (Å²) in [5, 5.41) is -1.28. The van der Waals surface area contributed by atoms with Crippen LogP contribution in [-0.4, -0.2) is 17.1 Å². The van der Waals surface area contributed by atoms with Crippen molar-refractivity contribution in [3.63, 3.8) is 0 Å². The Bertz CT molecular complexity index is 296. The zero-order chi connectivity index (χ0) is 13.1. The van der Waals surface area contributed by atoms with Crippen LogP contribution in [0.3, 0.4) is 0 Å². The Morgan fingerprint density at radius 2 is 1.71 bits per heavy atom. The lowest BCUT2D eigenvalue weighted by atomic mass is 9.83. The van der Waals surface area contributed by atoms with Gasteiger partial charge in [-0.2, -0.15) is 13.2 Å². The highest BCUT2D eigenvalue weighted by molar-refractivity contribution is 7.96. The second-order valence-corrected chi connectivity index (χ2v) is 4.88. The summed E-state index contributed by atoms with van der Waals surface area (Å²) in [6.45, 7) is 0. The van der Waals surface area contributed by atoms with Crippen LogP contribution in [0.25, 0.3) is 0 Å². The van der Waals surface area contributed by atoms with Gasteiger partial charge < -0.3 is 0 Å². The molecule has 1 rings (SSSR count). The molecule has 0 aromatic carbocycles. The Morgan fingerprint density at radius 1 is 1.18 bits per heavy atom. The Morgan fingerprint density at radius 3 is 2.12 bits per heavy atom. The van der Waals surface area contributed by atoms with Gasteiger partial charge in [0.25, 0.3) is 0 Å². The number of hydrogen-bond donors (Lipinski definition) is 1. The molecule has 0 saturated heterocycles. The lowest BCUT2D eigenvalue weighted by Crippen LogP contribution is -2.32. The summed E-state index contributed by atoms with van der Waals surface area (Å²) in [5.74, 6) is -3.00. The van der Waals surface area contributed by atoms with Gasteiger partial charge in [0, 0.05) is 12.3 Å². The van der Waals surface area contributed by atoms with Gasteiger partial charge in [-0.15, -0.1) is 12.6 Å². The van der Waals surface area contributed by atoms with Gasteiger partial charge >= 0.3 is 6.18 Å². The zero-order valence-corrected chi connectivity index (χ0v) is 10.2. The highest BCUT2D eigenvalue weighted by Gasteiger charge is 2.45. The van der Waals surface area contributed by atoms with Crippen LogP contribution in [0.5, 0.6) is 0 Å². The normalized spacial score (nSPS) is 20.0. The standard InChI is InChI=1S/C11H15F3O2S/c12-11(13,14)8(10(16)17)6-9(15)7-4-2-1-3-5-7/h7-8H,1-6H2,(H,16,17). The average Bonchev–Trinajstić information content (AvgIpc) is 2.24. The third-order valence-electron chi connectivity index (χ3n) is 3.16. The average molecular weight is 268 g/mol. The minimum atomic E-state index is -4.68. The predicted octanol–water partition coefficient (Wildman–Crippen LogP) is 3.16. The molecule has 1 atom stereocenters. The number of carbonyl (C=O) groups is 2. The van der Waals surface area contributed by atoms with Crippen molar-refractivity contribution in [3.05, 3.63) is 0 Å². The van der Waals surface area contributed by atoms with Gasteiger partial charge in [0.15, 0.2) is 5.12 Å². The fourth-order valence-electron chi connectivity index (χ4n) is 2.14. The largest absolute Gasteiger partial charge is 0.399 e. The summed E-state index contributed by atoms with van der Waals surface area (Å²) in [6.07, 6.45) is -1.37. The highest BCUT2D eigenvalue weighted by atomic mass is 32.1. The molecule has 0 spiro atoms. The van der Waals surface area contributed by atoms with Gasteiger partial charge in [-0.1, -0.05) is 19.3 Å². The fraction of sp³-hybridized carbons (Fsp3) is 0.818. The maximum Gasteiger partial charge on any atom is 0.399 e. The van der Waals surface area contributed by atoms with E-state index in [1.165, 1.54) is 0 Å². The number of thiol groups is 1. The smallest absolute Gasteiger partial charge is 0.299 e. The van der Waals surface area contributed by atoms with Gasteiger partial charge in [0.1, 0.15) is 11.7 Å². The fourth-order valence-corrected chi connectivity index (χ4v) is 2.37. The first-order valence-corrected chi connectivity index (χ1v) is 6.09. The third kappa shape index (κ3) is 4.33. The van der Waals surface area contributed by atoms with Crippen LogP contribution < -0.4 is 0 Å². The van der Waals surface area contributed by atoms with Crippen molar-refractivity contribution in [2.45, 2.75) is 44.7 Å². The lowest BCUT2D eigenvalue weighted by molar-refractivity contribution is -0.180. The third-order valence-corrected chi connectivity index (χ3v) is 3.47. The van der Waals surface area contributed by atoms with Crippen LogP contribution in [0.15, 0.2) is 0 Å². The van der Waals surface area contributed by atoms with Crippen LogP contribution in [0.2, 0.25) is 0 Å². The summed E-state index contributed by atoms with van der Waals surface area (Å²) in [5.41, 5.74) is 0. The van der Waals surface area contributed by atoms with Crippen molar-refractivity contribution < 1.29 is 22.8 Å². The molecule has 0 aromatic heterocycles. The van der Waals surface area contributed by atoms with E-state index in [9.17, 15) is 22.8 Å². The summed E-state index contributed by atoms with van der Waals surface area (Å²) >= 11 is 3.21. The maximum absolute atomic E-state index is 12.5. The molecule has 0 N–H and O–H groups in total. The molecule has 0 amide bonds. The van der Waals surface area contributed by atoms with Crippen molar-refractivity contribution in [1.29, 1.82) is 0 Å². The van der Waals surface area contributed by atoms with E-state index in [0.717, 1.165) is 19.3 Å². The van der Waals surface area contributed by atoms with Crippen molar-refractivity contribution in [1.82, 2.24) is 0 Å². The molecule has 0 radical (unpaired) electrons. The van der Waals surface area contributed by atoms with E-state index in [1.807, 2.05) is 0 Å². The topological polar surface area (TPSA) is 34.1 Å². The molecule has 1 saturated carbocycles. The lowest BCUT2D eigenvalue weighted by Gasteiger charge is -2.23. The Hall–Kier alpha value is -0.520. The number of carbonyl (C=O) groups excluding carboxylic acids is 2. The van der Waals surface area contributed by atoms with Crippen LogP contribution in [-0.2, 0) is 9.59 Å². The van der Waals surface area contributed by atoms with E-state index < -0.39 is 29.4 Å². The first-order chi connectivity index (χ1) is 7.82. The van der Waals surface area contributed by atoms with Crippen LogP contribution in [0, 0.1) is 11.8 Å². The minimum Gasteiger partial charge on any atom is -0.299 e. The van der Waals surface area contributed by atoms with E-state index in [1.54, 1.807) is 0 Å². The first kappa shape index (κ1) is 14.5. The molecular formula is C11H15F3O2S. The zero-order valence-electron chi connectivity index (χ0n) is 9.29. The summed E-state index contributed by atoms with van der Waals surface area (Å²) in [7, 11) is 0. The molecule has 17 heavy (non-hydrogen) atoms. The Labute approximate surface area is 103 Å². The molecule has 1 aliphatic carbocycles. The van der Waals surface area contributed by atoms with E-state index >= 15 is 0 Å². The molecule has 1 unspecified atom stereocenters. The molecule has 1 fully saturated rings. The van der Waals surface area contributed by atoms with Crippen molar-refractivity contribution in [2.75, 3.05) is 0 Å². The molecular weight excluding hydrogens is 253 g/mol. The van der Waals surface area contributed by atoms with E-state index in [4.69, 9.17) is 0 Å². The molecule has 0 aromatic rings. The number of rotatable bonds is 4. The van der Waals surface area contributed by atoms with Crippen molar-refractivity contribution in [2.24, 2.45) is 11.8 Å². The van der Waals surface area contributed by atoms with Crippen LogP contribution in [0.1, 0.15) is 38.5 Å². The summed E-state index contributed by atoms with van der Waals surface area (Å²) in [4.78, 5) is 22.5. The maximum atomic E-state index is 12.5. The molecule has 0 aliphatic heterocycles. The summed E-state index contributed by atoms with van der Waals surface area (Å²) in [6, 6.07) is 0. The van der Waals surface area contributed by atoms with Crippen molar-refractivity contribution >= 4 is 23.5 Å². The van der Waals surface area contributed by atoms with Crippen LogP contribution >= 0.6 is 12.6 Å². The second kappa shape index (κ2) is 5.89. The molecule has 98 valence electrons. The number of alkyl halides is 3. The number of Topliss-reactive ketones (excluding diaryl/α,β-unsaturated/α-hetero) is 1. The summed E-state index contributed by atoms with van der Waals surface area (Å²) < 4.78 is 37.4.